The Morgan fingerprint density at radius 1 is 1.27 bits per heavy atom. The number of rotatable bonds is 3. The number of alkyl halides is 3. The van der Waals surface area contributed by atoms with Crippen LogP contribution in [-0.4, -0.2) is 53.4 Å². The molecule has 2 aliphatic rings. The van der Waals surface area contributed by atoms with E-state index in [1.165, 1.54) is 6.07 Å². The second kappa shape index (κ2) is 6.08. The number of nitrogens with one attached hydrogen (secondary N) is 1. The molecule has 0 saturated carbocycles. The summed E-state index contributed by atoms with van der Waals surface area (Å²) in [4.78, 5) is 29.9. The summed E-state index contributed by atoms with van der Waals surface area (Å²) in [6, 6.07) is 2.35. The van der Waals surface area contributed by atoms with Crippen molar-refractivity contribution in [3.63, 3.8) is 0 Å². The van der Waals surface area contributed by atoms with Gasteiger partial charge in [0.15, 0.2) is 11.3 Å². The Balaban J connectivity index is 1.51. The van der Waals surface area contributed by atoms with Crippen LogP contribution in [0.4, 0.5) is 13.2 Å². The molecule has 2 bridgehead atoms. The van der Waals surface area contributed by atoms with E-state index in [9.17, 15) is 22.8 Å². The lowest BCUT2D eigenvalue weighted by molar-refractivity contribution is -0.0898. The van der Waals surface area contributed by atoms with Crippen molar-refractivity contribution in [3.8, 4) is 0 Å². The van der Waals surface area contributed by atoms with Gasteiger partial charge in [-0.2, -0.15) is 13.2 Å². The Labute approximate surface area is 146 Å². The molecule has 26 heavy (non-hydrogen) atoms. The summed E-state index contributed by atoms with van der Waals surface area (Å²) in [5.74, 6) is -2.67. The summed E-state index contributed by atoms with van der Waals surface area (Å²) < 4.78 is 42.4. The van der Waals surface area contributed by atoms with Crippen LogP contribution in [0.2, 0.25) is 0 Å². The normalized spacial score (nSPS) is 25.4. The number of pyridine rings is 1. The second-order valence-electron chi connectivity index (χ2n) is 6.87. The second-order valence-corrected chi connectivity index (χ2v) is 6.87. The highest BCUT2D eigenvalue weighted by atomic mass is 19.4. The number of furan rings is 1. The van der Waals surface area contributed by atoms with Crippen molar-refractivity contribution in [2.45, 2.75) is 25.1 Å². The van der Waals surface area contributed by atoms with Crippen LogP contribution in [0.5, 0.6) is 0 Å². The molecule has 3 unspecified atom stereocenters. The fourth-order valence-corrected chi connectivity index (χ4v) is 3.74. The summed E-state index contributed by atoms with van der Waals surface area (Å²) >= 11 is 0. The maximum atomic E-state index is 12.5. The largest absolute Gasteiger partial charge is 0.458 e. The van der Waals surface area contributed by atoms with Gasteiger partial charge in [0.2, 0.25) is 0 Å². The summed E-state index contributed by atoms with van der Waals surface area (Å²) in [5, 5.41) is 3.16. The molecule has 0 radical (unpaired) electrons. The first-order chi connectivity index (χ1) is 12.3. The summed E-state index contributed by atoms with van der Waals surface area (Å²) in [7, 11) is 0. The van der Waals surface area contributed by atoms with Crippen molar-refractivity contribution in [2.24, 2.45) is 5.92 Å². The number of carbonyl (C=O) groups is 2. The average Bonchev–Trinajstić information content (AvgIpc) is 3.15. The van der Waals surface area contributed by atoms with E-state index in [4.69, 9.17) is 4.42 Å². The smallest absolute Gasteiger partial charge is 0.451 e. The van der Waals surface area contributed by atoms with E-state index in [1.54, 1.807) is 0 Å². The molecule has 0 aliphatic carbocycles. The van der Waals surface area contributed by atoms with Gasteiger partial charge in [0, 0.05) is 24.5 Å². The molecule has 2 aliphatic heterocycles. The zero-order chi connectivity index (χ0) is 18.5. The lowest BCUT2D eigenvalue weighted by Gasteiger charge is -2.30. The average molecular weight is 367 g/mol. The van der Waals surface area contributed by atoms with Gasteiger partial charge in [0.1, 0.15) is 5.69 Å². The maximum Gasteiger partial charge on any atom is 0.458 e. The molecule has 2 fully saturated rings. The van der Waals surface area contributed by atoms with Crippen molar-refractivity contribution in [3.05, 3.63) is 29.8 Å². The molecule has 0 aromatic carbocycles. The van der Waals surface area contributed by atoms with Crippen molar-refractivity contribution in [1.29, 1.82) is 0 Å². The van der Waals surface area contributed by atoms with Gasteiger partial charge < -0.3 is 14.6 Å². The monoisotopic (exact) mass is 367 g/mol. The van der Waals surface area contributed by atoms with Crippen LogP contribution >= 0.6 is 0 Å². The highest BCUT2D eigenvalue weighted by Gasteiger charge is 2.41. The SMILES string of the molecule is O=C(NC1CC2CCN(C2)C1)c1cc2cc(C(=O)C(F)(F)F)oc2cn1. The number of fused-ring (bicyclic) bond motifs is 3. The van der Waals surface area contributed by atoms with E-state index in [2.05, 4.69) is 15.2 Å². The van der Waals surface area contributed by atoms with E-state index in [0.29, 0.717) is 5.92 Å². The van der Waals surface area contributed by atoms with E-state index in [0.717, 1.165) is 44.7 Å². The molecule has 4 rings (SSSR count). The minimum absolute atomic E-state index is 0.0240. The fourth-order valence-electron chi connectivity index (χ4n) is 3.74. The van der Waals surface area contributed by atoms with Crippen LogP contribution in [0, 0.1) is 5.92 Å². The molecule has 2 aromatic rings. The van der Waals surface area contributed by atoms with Gasteiger partial charge >= 0.3 is 12.0 Å². The minimum Gasteiger partial charge on any atom is -0.451 e. The molecule has 138 valence electrons. The number of carbonyl (C=O) groups excluding carboxylic acids is 2. The number of nitrogens with zero attached hydrogens (tertiary/aromatic N) is 2. The highest BCUT2D eigenvalue weighted by molar-refractivity contribution is 6.02. The molecular weight excluding hydrogens is 351 g/mol. The molecule has 1 N–H and O–H groups in total. The van der Waals surface area contributed by atoms with Crippen LogP contribution < -0.4 is 5.32 Å². The predicted octanol–water partition coefficient (Wildman–Crippen LogP) is 2.40. The zero-order valence-corrected chi connectivity index (χ0v) is 13.7. The van der Waals surface area contributed by atoms with Crippen molar-refractivity contribution >= 4 is 22.7 Å². The number of ketones is 1. The molecule has 4 heterocycles. The van der Waals surface area contributed by atoms with Crippen LogP contribution in [0.25, 0.3) is 11.0 Å². The van der Waals surface area contributed by atoms with Crippen LogP contribution in [0.3, 0.4) is 0 Å². The lowest BCUT2D eigenvalue weighted by atomic mass is 9.97. The molecule has 0 spiro atoms. The van der Waals surface area contributed by atoms with E-state index < -0.39 is 17.7 Å². The van der Waals surface area contributed by atoms with Gasteiger partial charge in [-0.15, -0.1) is 0 Å². The molecule has 6 nitrogen and oxygen atoms in total. The fraction of sp³-hybridized carbons (Fsp3) is 0.471. The number of amides is 1. The van der Waals surface area contributed by atoms with Crippen LogP contribution in [-0.2, 0) is 0 Å². The number of aromatic nitrogens is 1. The molecule has 3 atom stereocenters. The Morgan fingerprint density at radius 2 is 2.08 bits per heavy atom. The first-order valence-electron chi connectivity index (χ1n) is 8.34. The summed E-state index contributed by atoms with van der Waals surface area (Å²) in [6.45, 7) is 2.91. The zero-order valence-electron chi connectivity index (χ0n) is 13.7. The standard InChI is InChI=1S/C17H16F3N3O3/c18-17(19,20)15(24)13-5-10-4-12(21-6-14(10)26-13)16(25)22-11-3-9-1-2-23(7-9)8-11/h4-6,9,11H,1-3,7-8H2,(H,22,25). The third kappa shape index (κ3) is 3.18. The summed E-state index contributed by atoms with van der Waals surface area (Å²) in [6.07, 6.45) is -1.80. The maximum absolute atomic E-state index is 12.5. The van der Waals surface area contributed by atoms with Crippen LogP contribution in [0.1, 0.15) is 33.9 Å². The number of hydrogen-bond acceptors (Lipinski definition) is 5. The Morgan fingerprint density at radius 3 is 2.81 bits per heavy atom. The van der Waals surface area contributed by atoms with Gasteiger partial charge in [-0.1, -0.05) is 0 Å². The molecule has 2 aromatic heterocycles. The third-order valence-corrected chi connectivity index (χ3v) is 4.92. The molecular formula is C17H16F3N3O3. The van der Waals surface area contributed by atoms with Gasteiger partial charge in [0.05, 0.1) is 6.20 Å². The van der Waals surface area contributed by atoms with Gasteiger partial charge in [0.25, 0.3) is 5.91 Å². The Bertz CT molecular complexity index is 865. The van der Waals surface area contributed by atoms with Gasteiger partial charge in [-0.05, 0) is 37.4 Å². The third-order valence-electron chi connectivity index (χ3n) is 4.92. The number of piperidine rings is 1. The number of Topliss-reactive ketones (excluding diaryl/α,β-unsaturated/α-hetero) is 1. The molecule has 2 saturated heterocycles. The quantitative estimate of drug-likeness (QED) is 0.844. The van der Waals surface area contributed by atoms with E-state index in [1.807, 2.05) is 0 Å². The van der Waals surface area contributed by atoms with Gasteiger partial charge in [-0.3, -0.25) is 9.59 Å². The van der Waals surface area contributed by atoms with Crippen LogP contribution in [0.15, 0.2) is 22.7 Å². The van der Waals surface area contributed by atoms with Crippen molar-refractivity contribution in [1.82, 2.24) is 15.2 Å². The van der Waals surface area contributed by atoms with Gasteiger partial charge in [-0.25, -0.2) is 4.98 Å². The predicted molar refractivity (Wildman–Crippen MR) is 84.8 cm³/mol. The number of hydrogen-bond donors (Lipinski definition) is 1. The van der Waals surface area contributed by atoms with E-state index >= 15 is 0 Å². The highest BCUT2D eigenvalue weighted by Crippen LogP contribution is 2.28. The summed E-state index contributed by atoms with van der Waals surface area (Å²) in [5.41, 5.74) is 0.105. The number of halogens is 3. The topological polar surface area (TPSA) is 75.4 Å². The minimum atomic E-state index is -5.02. The Kier molecular flexibility index (Phi) is 3.98. The molecule has 9 heteroatoms. The van der Waals surface area contributed by atoms with E-state index in [-0.39, 0.29) is 28.6 Å². The first kappa shape index (κ1) is 17.0. The lowest BCUT2D eigenvalue weighted by Crippen LogP contribution is -2.47. The van der Waals surface area contributed by atoms with Crippen molar-refractivity contribution < 1.29 is 27.2 Å². The molecule has 1 amide bonds. The first-order valence-corrected chi connectivity index (χ1v) is 8.34. The Hall–Kier alpha value is -2.42. The van der Waals surface area contributed by atoms with Crippen molar-refractivity contribution in [2.75, 3.05) is 19.6 Å².